The average molecular weight is 374 g/mol. The molecule has 5 nitrogen and oxygen atoms in total. The fourth-order valence-corrected chi connectivity index (χ4v) is 3.10. The summed E-state index contributed by atoms with van der Waals surface area (Å²) in [6.07, 6.45) is 3.49. The molecule has 1 N–H and O–H groups in total. The van der Waals surface area contributed by atoms with Gasteiger partial charge in [0.1, 0.15) is 5.76 Å². The van der Waals surface area contributed by atoms with Gasteiger partial charge in [0.25, 0.3) is 5.91 Å². The predicted molar refractivity (Wildman–Crippen MR) is 107 cm³/mol. The van der Waals surface area contributed by atoms with Crippen LogP contribution in [0, 0.1) is 5.92 Å². The highest BCUT2D eigenvalue weighted by Crippen LogP contribution is 2.30. The molecule has 0 bridgehead atoms. The fourth-order valence-electron chi connectivity index (χ4n) is 3.10. The summed E-state index contributed by atoms with van der Waals surface area (Å²) in [6.45, 7) is 0.846. The molecule has 28 heavy (non-hydrogen) atoms. The van der Waals surface area contributed by atoms with E-state index in [0.717, 1.165) is 24.2 Å². The number of furan rings is 1. The summed E-state index contributed by atoms with van der Waals surface area (Å²) in [5, 5.41) is 2.91. The van der Waals surface area contributed by atoms with Crippen LogP contribution in [-0.2, 0) is 17.9 Å². The van der Waals surface area contributed by atoms with E-state index >= 15 is 0 Å². The van der Waals surface area contributed by atoms with Crippen LogP contribution in [0.5, 0.6) is 0 Å². The van der Waals surface area contributed by atoms with Gasteiger partial charge in [-0.3, -0.25) is 9.59 Å². The molecule has 1 aliphatic carbocycles. The Morgan fingerprint density at radius 2 is 1.79 bits per heavy atom. The van der Waals surface area contributed by atoms with Crippen LogP contribution in [0.15, 0.2) is 77.4 Å². The van der Waals surface area contributed by atoms with Gasteiger partial charge in [-0.25, -0.2) is 0 Å². The average Bonchev–Trinajstić information content (AvgIpc) is 3.45. The van der Waals surface area contributed by atoms with Gasteiger partial charge < -0.3 is 14.6 Å². The lowest BCUT2D eigenvalue weighted by molar-refractivity contribution is -0.117. The molecule has 1 fully saturated rings. The summed E-state index contributed by atoms with van der Waals surface area (Å²) in [7, 11) is 0. The molecular formula is C23H22N2O3. The Morgan fingerprint density at radius 1 is 0.964 bits per heavy atom. The highest BCUT2D eigenvalue weighted by Gasteiger charge is 2.29. The normalized spacial score (nSPS) is 13.1. The van der Waals surface area contributed by atoms with Crippen molar-refractivity contribution in [2.45, 2.75) is 25.9 Å². The van der Waals surface area contributed by atoms with Gasteiger partial charge in [-0.2, -0.15) is 0 Å². The number of hydrogen-bond donors (Lipinski definition) is 1. The van der Waals surface area contributed by atoms with E-state index in [1.807, 2.05) is 48.5 Å². The third kappa shape index (κ3) is 4.49. The maximum Gasteiger partial charge on any atom is 0.254 e. The maximum absolute atomic E-state index is 13.2. The van der Waals surface area contributed by atoms with E-state index in [1.165, 1.54) is 0 Å². The largest absolute Gasteiger partial charge is 0.467 e. The molecule has 0 aliphatic heterocycles. The second kappa shape index (κ2) is 8.13. The van der Waals surface area contributed by atoms with E-state index in [9.17, 15) is 9.59 Å². The van der Waals surface area contributed by atoms with E-state index in [0.29, 0.717) is 24.3 Å². The molecule has 142 valence electrons. The summed E-state index contributed by atoms with van der Waals surface area (Å²) in [4.78, 5) is 27.0. The maximum atomic E-state index is 13.2. The molecule has 5 heteroatoms. The van der Waals surface area contributed by atoms with Crippen LogP contribution in [0.3, 0.4) is 0 Å². The SMILES string of the molecule is O=C(Nc1cccc(C(=O)N(Cc2ccccc2)Cc2ccco2)c1)C1CC1. The van der Waals surface area contributed by atoms with Gasteiger partial charge >= 0.3 is 0 Å². The Hall–Kier alpha value is -3.34. The smallest absolute Gasteiger partial charge is 0.254 e. The van der Waals surface area contributed by atoms with Crippen LogP contribution < -0.4 is 5.32 Å². The quantitative estimate of drug-likeness (QED) is 0.664. The third-order valence-electron chi connectivity index (χ3n) is 4.76. The van der Waals surface area contributed by atoms with Crippen LogP contribution in [0.2, 0.25) is 0 Å². The lowest BCUT2D eigenvalue weighted by atomic mass is 10.1. The van der Waals surface area contributed by atoms with Crippen molar-refractivity contribution in [2.75, 3.05) is 5.32 Å². The van der Waals surface area contributed by atoms with Crippen LogP contribution in [0.1, 0.15) is 34.5 Å². The van der Waals surface area contributed by atoms with Gasteiger partial charge in [0.15, 0.2) is 0 Å². The van der Waals surface area contributed by atoms with Crippen LogP contribution in [-0.4, -0.2) is 16.7 Å². The van der Waals surface area contributed by atoms with Crippen molar-refractivity contribution in [3.05, 3.63) is 89.9 Å². The molecule has 1 aliphatic rings. The fraction of sp³-hybridized carbons (Fsp3) is 0.217. The number of amides is 2. The van der Waals surface area contributed by atoms with E-state index in [1.54, 1.807) is 29.4 Å². The number of benzene rings is 2. The van der Waals surface area contributed by atoms with Crippen molar-refractivity contribution in [1.29, 1.82) is 0 Å². The first-order chi connectivity index (χ1) is 13.7. The van der Waals surface area contributed by atoms with Gasteiger partial charge in [-0.1, -0.05) is 36.4 Å². The monoisotopic (exact) mass is 374 g/mol. The number of anilines is 1. The zero-order chi connectivity index (χ0) is 19.3. The summed E-state index contributed by atoms with van der Waals surface area (Å²) in [5.41, 5.74) is 2.23. The van der Waals surface area contributed by atoms with Gasteiger partial charge in [0.05, 0.1) is 12.8 Å². The number of nitrogens with one attached hydrogen (secondary N) is 1. The Balaban J connectivity index is 1.54. The topological polar surface area (TPSA) is 62.6 Å². The van der Waals surface area contributed by atoms with Crippen LogP contribution >= 0.6 is 0 Å². The molecule has 2 aromatic carbocycles. The van der Waals surface area contributed by atoms with Crippen molar-refractivity contribution in [3.63, 3.8) is 0 Å². The molecule has 0 radical (unpaired) electrons. The summed E-state index contributed by atoms with van der Waals surface area (Å²) in [6, 6.07) is 20.6. The van der Waals surface area contributed by atoms with Gasteiger partial charge in [-0.05, 0) is 48.7 Å². The van der Waals surface area contributed by atoms with Gasteiger partial charge in [0, 0.05) is 23.7 Å². The Morgan fingerprint density at radius 3 is 2.50 bits per heavy atom. The van der Waals surface area contributed by atoms with Crippen LogP contribution in [0.4, 0.5) is 5.69 Å². The predicted octanol–water partition coefficient (Wildman–Crippen LogP) is 4.47. The highest BCUT2D eigenvalue weighted by atomic mass is 16.3. The molecular weight excluding hydrogens is 352 g/mol. The van der Waals surface area contributed by atoms with Crippen molar-refractivity contribution in [1.82, 2.24) is 4.90 Å². The Bertz CT molecular complexity index is 947. The van der Waals surface area contributed by atoms with Gasteiger partial charge in [0.2, 0.25) is 5.91 Å². The third-order valence-corrected chi connectivity index (χ3v) is 4.76. The molecule has 4 rings (SSSR count). The minimum Gasteiger partial charge on any atom is -0.467 e. The molecule has 0 saturated heterocycles. The second-order valence-corrected chi connectivity index (χ2v) is 7.07. The van der Waals surface area contributed by atoms with Crippen molar-refractivity contribution in [3.8, 4) is 0 Å². The minimum atomic E-state index is -0.109. The molecule has 1 aromatic heterocycles. The number of carbonyl (C=O) groups is 2. The van der Waals surface area contributed by atoms with Gasteiger partial charge in [-0.15, -0.1) is 0 Å². The first kappa shape index (κ1) is 18.0. The summed E-state index contributed by atoms with van der Waals surface area (Å²) < 4.78 is 5.45. The Labute approximate surface area is 164 Å². The first-order valence-electron chi connectivity index (χ1n) is 9.45. The molecule has 0 atom stereocenters. The summed E-state index contributed by atoms with van der Waals surface area (Å²) in [5.74, 6) is 0.763. The van der Waals surface area contributed by atoms with Crippen molar-refractivity contribution < 1.29 is 14.0 Å². The van der Waals surface area contributed by atoms with Crippen molar-refractivity contribution >= 4 is 17.5 Å². The van der Waals surface area contributed by atoms with E-state index in [4.69, 9.17) is 4.42 Å². The number of carbonyl (C=O) groups excluding carboxylic acids is 2. The summed E-state index contributed by atoms with van der Waals surface area (Å²) >= 11 is 0. The molecule has 1 heterocycles. The zero-order valence-electron chi connectivity index (χ0n) is 15.5. The van der Waals surface area contributed by atoms with E-state index < -0.39 is 0 Å². The standard InChI is InChI=1S/C23H22N2O3/c26-22(18-11-12-18)24-20-9-4-8-19(14-20)23(27)25(16-21-10-5-13-28-21)15-17-6-2-1-3-7-17/h1-10,13-14,18H,11-12,15-16H2,(H,24,26). The minimum absolute atomic E-state index is 0.0290. The second-order valence-electron chi connectivity index (χ2n) is 7.07. The zero-order valence-corrected chi connectivity index (χ0v) is 15.5. The molecule has 2 amide bonds. The lowest BCUT2D eigenvalue weighted by Crippen LogP contribution is -2.30. The molecule has 1 saturated carbocycles. The van der Waals surface area contributed by atoms with E-state index in [2.05, 4.69) is 5.32 Å². The number of hydrogen-bond acceptors (Lipinski definition) is 3. The lowest BCUT2D eigenvalue weighted by Gasteiger charge is -2.22. The molecule has 0 unspecified atom stereocenters. The molecule has 0 spiro atoms. The number of nitrogens with zero attached hydrogens (tertiary/aromatic N) is 1. The van der Waals surface area contributed by atoms with E-state index in [-0.39, 0.29) is 17.7 Å². The first-order valence-corrected chi connectivity index (χ1v) is 9.45. The highest BCUT2D eigenvalue weighted by molar-refractivity contribution is 5.98. The Kier molecular flexibility index (Phi) is 5.24. The number of rotatable bonds is 7. The molecule has 3 aromatic rings. The van der Waals surface area contributed by atoms with Crippen LogP contribution in [0.25, 0.3) is 0 Å². The van der Waals surface area contributed by atoms with Crippen molar-refractivity contribution in [2.24, 2.45) is 5.92 Å².